The van der Waals surface area contributed by atoms with Gasteiger partial charge < -0.3 is 10.1 Å². The number of halogens is 1. The van der Waals surface area contributed by atoms with Crippen LogP contribution in [-0.2, 0) is 0 Å². The summed E-state index contributed by atoms with van der Waals surface area (Å²) in [7, 11) is 0. The van der Waals surface area contributed by atoms with Crippen LogP contribution in [0.4, 0.5) is 5.95 Å². The average molecular weight is 457 g/mol. The predicted molar refractivity (Wildman–Crippen MR) is 119 cm³/mol. The largest absolute Gasteiger partial charge is 0.480 e. The lowest BCUT2D eigenvalue weighted by Crippen LogP contribution is -2.32. The molecule has 2 aliphatic heterocycles. The van der Waals surface area contributed by atoms with Crippen molar-refractivity contribution in [3.63, 3.8) is 0 Å². The molecule has 1 aromatic heterocycles. The van der Waals surface area contributed by atoms with Crippen molar-refractivity contribution in [1.82, 2.24) is 14.8 Å². The molecule has 0 bridgehead atoms. The zero-order valence-electron chi connectivity index (χ0n) is 15.9. The molecule has 3 heterocycles. The number of aromatic nitrogens is 3. The first kappa shape index (κ1) is 17.5. The summed E-state index contributed by atoms with van der Waals surface area (Å²) in [5.74, 6) is 1.59. The molecule has 1 N–H and O–H groups in total. The van der Waals surface area contributed by atoms with E-state index in [2.05, 4.69) is 73.8 Å². The molecule has 6 heteroatoms. The first-order chi connectivity index (χ1) is 14.8. The number of para-hydroxylation sites is 1. The van der Waals surface area contributed by atoms with E-state index < -0.39 is 0 Å². The predicted octanol–water partition coefficient (Wildman–Crippen LogP) is 5.60. The second-order valence-corrected chi connectivity index (χ2v) is 8.26. The number of fused-ring (bicyclic) bond motifs is 3. The standard InChI is InChI=1S/C24H17BrN4O/c25-17-12-10-16(11-13-17)23-20-21(18-8-4-5-9-19(18)30-23)28-24-26-14-27-29(24)22(20)15-6-2-1-3-7-15/h1-14,22-23H,(H,26,27,28). The first-order valence-electron chi connectivity index (χ1n) is 9.76. The van der Waals surface area contributed by atoms with Crippen LogP contribution in [0.5, 0.6) is 5.75 Å². The van der Waals surface area contributed by atoms with Gasteiger partial charge in [-0.3, -0.25) is 0 Å². The van der Waals surface area contributed by atoms with Crippen molar-refractivity contribution in [2.45, 2.75) is 12.1 Å². The van der Waals surface area contributed by atoms with Gasteiger partial charge in [-0.15, -0.1) is 0 Å². The monoisotopic (exact) mass is 456 g/mol. The number of benzene rings is 3. The molecule has 2 atom stereocenters. The average Bonchev–Trinajstić information content (AvgIpc) is 3.26. The Morgan fingerprint density at radius 3 is 2.47 bits per heavy atom. The van der Waals surface area contributed by atoms with E-state index in [-0.39, 0.29) is 12.1 Å². The summed E-state index contributed by atoms with van der Waals surface area (Å²) in [6.07, 6.45) is 1.34. The van der Waals surface area contributed by atoms with Gasteiger partial charge in [0.2, 0.25) is 5.95 Å². The highest BCUT2D eigenvalue weighted by Gasteiger charge is 2.40. The quantitative estimate of drug-likeness (QED) is 0.426. The lowest BCUT2D eigenvalue weighted by Gasteiger charge is -2.39. The van der Waals surface area contributed by atoms with Gasteiger partial charge in [0, 0.05) is 15.6 Å². The Bertz CT molecular complexity index is 1260. The summed E-state index contributed by atoms with van der Waals surface area (Å²) in [6.45, 7) is 0. The molecule has 0 aliphatic carbocycles. The zero-order chi connectivity index (χ0) is 20.1. The van der Waals surface area contributed by atoms with E-state index in [4.69, 9.17) is 4.74 Å². The van der Waals surface area contributed by atoms with Crippen LogP contribution in [0.15, 0.2) is 95.2 Å². The van der Waals surface area contributed by atoms with E-state index in [1.165, 1.54) is 0 Å². The van der Waals surface area contributed by atoms with Crippen molar-refractivity contribution < 1.29 is 4.74 Å². The molecule has 30 heavy (non-hydrogen) atoms. The number of nitrogens with zero attached hydrogens (tertiary/aromatic N) is 3. The molecule has 5 nitrogen and oxygen atoms in total. The molecule has 0 saturated heterocycles. The number of ether oxygens (including phenoxy) is 1. The third-order valence-electron chi connectivity index (χ3n) is 5.61. The van der Waals surface area contributed by atoms with Crippen LogP contribution < -0.4 is 10.1 Å². The van der Waals surface area contributed by atoms with Gasteiger partial charge in [0.05, 0.1) is 5.70 Å². The Kier molecular flexibility index (Phi) is 3.99. The van der Waals surface area contributed by atoms with Crippen molar-refractivity contribution in [3.05, 3.63) is 112 Å². The topological polar surface area (TPSA) is 52.0 Å². The number of nitrogens with one attached hydrogen (secondary N) is 1. The van der Waals surface area contributed by atoms with Gasteiger partial charge in [-0.2, -0.15) is 10.1 Å². The van der Waals surface area contributed by atoms with Gasteiger partial charge in [0.1, 0.15) is 24.2 Å². The Morgan fingerprint density at radius 1 is 0.867 bits per heavy atom. The van der Waals surface area contributed by atoms with Gasteiger partial charge in [-0.25, -0.2) is 4.68 Å². The Hall–Kier alpha value is -3.38. The molecule has 6 rings (SSSR count). The van der Waals surface area contributed by atoms with E-state index in [0.717, 1.165) is 44.1 Å². The fraction of sp³-hybridized carbons (Fsp3) is 0.0833. The summed E-state index contributed by atoms with van der Waals surface area (Å²) in [5, 5.41) is 8.08. The van der Waals surface area contributed by atoms with Crippen molar-refractivity contribution in [2.75, 3.05) is 5.32 Å². The van der Waals surface area contributed by atoms with Gasteiger partial charge in [-0.1, -0.05) is 70.5 Å². The SMILES string of the molecule is Brc1ccc(C2Oc3ccccc3C3=C2C(c2ccccc2)n2ncnc2N3)cc1. The molecule has 2 unspecified atom stereocenters. The fourth-order valence-electron chi connectivity index (χ4n) is 4.29. The lowest BCUT2D eigenvalue weighted by atomic mass is 9.85. The van der Waals surface area contributed by atoms with Crippen LogP contribution in [0.2, 0.25) is 0 Å². The van der Waals surface area contributed by atoms with Crippen molar-refractivity contribution in [3.8, 4) is 5.75 Å². The van der Waals surface area contributed by atoms with Crippen LogP contribution in [-0.4, -0.2) is 14.8 Å². The molecule has 0 saturated carbocycles. The molecule has 0 amide bonds. The van der Waals surface area contributed by atoms with Gasteiger partial charge in [-0.05, 0) is 35.4 Å². The summed E-state index contributed by atoms with van der Waals surface area (Å²) >= 11 is 3.54. The smallest absolute Gasteiger partial charge is 0.226 e. The van der Waals surface area contributed by atoms with Crippen molar-refractivity contribution in [2.24, 2.45) is 0 Å². The minimum Gasteiger partial charge on any atom is -0.480 e. The molecule has 146 valence electrons. The minimum atomic E-state index is -0.252. The normalized spacial score (nSPS) is 19.2. The van der Waals surface area contributed by atoms with E-state index in [0.29, 0.717) is 0 Å². The van der Waals surface area contributed by atoms with Crippen LogP contribution in [0.25, 0.3) is 5.70 Å². The third-order valence-corrected chi connectivity index (χ3v) is 6.14. The summed E-state index contributed by atoms with van der Waals surface area (Å²) < 4.78 is 9.58. The fourth-order valence-corrected chi connectivity index (χ4v) is 4.55. The number of anilines is 1. The molecule has 0 spiro atoms. The summed E-state index contributed by atoms with van der Waals surface area (Å²) in [6, 6.07) is 26.7. The highest BCUT2D eigenvalue weighted by molar-refractivity contribution is 9.10. The van der Waals surface area contributed by atoms with E-state index in [1.54, 1.807) is 6.33 Å². The van der Waals surface area contributed by atoms with E-state index >= 15 is 0 Å². The van der Waals surface area contributed by atoms with Crippen LogP contribution >= 0.6 is 15.9 Å². The van der Waals surface area contributed by atoms with Crippen LogP contribution in [0, 0.1) is 0 Å². The minimum absolute atomic E-state index is 0.123. The van der Waals surface area contributed by atoms with E-state index in [9.17, 15) is 0 Å². The third kappa shape index (κ3) is 2.68. The second kappa shape index (κ2) is 6.85. The first-order valence-corrected chi connectivity index (χ1v) is 10.6. The maximum Gasteiger partial charge on any atom is 0.226 e. The summed E-state index contributed by atoms with van der Waals surface area (Å²) in [5.41, 5.74) is 5.44. The number of rotatable bonds is 2. The molecular weight excluding hydrogens is 440 g/mol. The van der Waals surface area contributed by atoms with Crippen LogP contribution in [0.1, 0.15) is 28.8 Å². The van der Waals surface area contributed by atoms with Gasteiger partial charge >= 0.3 is 0 Å². The van der Waals surface area contributed by atoms with Crippen molar-refractivity contribution >= 4 is 27.6 Å². The Morgan fingerprint density at radius 2 is 1.63 bits per heavy atom. The molecule has 4 aromatic rings. The maximum atomic E-state index is 6.60. The zero-order valence-corrected chi connectivity index (χ0v) is 17.5. The summed E-state index contributed by atoms with van der Waals surface area (Å²) in [4.78, 5) is 4.47. The highest BCUT2D eigenvalue weighted by atomic mass is 79.9. The molecule has 0 fully saturated rings. The molecule has 2 aliphatic rings. The number of hydrogen-bond donors (Lipinski definition) is 1. The Labute approximate surface area is 182 Å². The lowest BCUT2D eigenvalue weighted by molar-refractivity contribution is 0.223. The Balaban J connectivity index is 1.63. The van der Waals surface area contributed by atoms with E-state index in [1.807, 2.05) is 41.1 Å². The number of hydrogen-bond acceptors (Lipinski definition) is 4. The van der Waals surface area contributed by atoms with Gasteiger partial charge in [0.25, 0.3) is 0 Å². The van der Waals surface area contributed by atoms with Crippen LogP contribution in [0.3, 0.4) is 0 Å². The molecule has 0 radical (unpaired) electrons. The second-order valence-electron chi connectivity index (χ2n) is 7.34. The molecule has 3 aromatic carbocycles. The highest BCUT2D eigenvalue weighted by Crippen LogP contribution is 2.50. The maximum absolute atomic E-state index is 6.60. The van der Waals surface area contributed by atoms with Gasteiger partial charge in [0.15, 0.2) is 0 Å². The molecular formula is C24H17BrN4O. The van der Waals surface area contributed by atoms with Crippen molar-refractivity contribution in [1.29, 1.82) is 0 Å².